The minimum Gasteiger partial charge on any atom is -0.494 e. The fraction of sp³-hybridized carbons (Fsp3) is 0.231. The van der Waals surface area contributed by atoms with Crippen LogP contribution in [0.4, 0.5) is 15.9 Å². The second-order valence-corrected chi connectivity index (χ2v) is 10.5. The topological polar surface area (TPSA) is 126 Å². The number of H-pyrrole nitrogens is 1. The number of benzene rings is 2. The summed E-state index contributed by atoms with van der Waals surface area (Å²) in [5.74, 6) is 4.51. The van der Waals surface area contributed by atoms with E-state index in [0.29, 0.717) is 23.7 Å². The van der Waals surface area contributed by atoms with E-state index in [9.17, 15) is 18.3 Å². The SMILES string of the molecule is COc1cc(C#CC2(O)CCCC2)c(F)cc1N(c1ccon1)S(=O)(=O)c1ccc2[nH]c(=O)ccc2c1. The highest BCUT2D eigenvalue weighted by Crippen LogP contribution is 2.39. The lowest BCUT2D eigenvalue weighted by molar-refractivity contribution is 0.110. The van der Waals surface area contributed by atoms with Gasteiger partial charge in [-0.25, -0.2) is 17.1 Å². The van der Waals surface area contributed by atoms with Crippen LogP contribution in [-0.4, -0.2) is 36.4 Å². The van der Waals surface area contributed by atoms with Crippen LogP contribution in [0, 0.1) is 17.7 Å². The Morgan fingerprint density at radius 1 is 1.16 bits per heavy atom. The third-order valence-corrected chi connectivity index (χ3v) is 7.93. The van der Waals surface area contributed by atoms with E-state index in [1.807, 2.05) is 0 Å². The van der Waals surface area contributed by atoms with Gasteiger partial charge in [0.15, 0.2) is 5.82 Å². The average molecular weight is 524 g/mol. The number of nitrogens with one attached hydrogen (secondary N) is 1. The Morgan fingerprint density at radius 2 is 1.95 bits per heavy atom. The molecule has 0 saturated heterocycles. The lowest BCUT2D eigenvalue weighted by atomic mass is 10.0. The number of hydrogen-bond donors (Lipinski definition) is 2. The average Bonchev–Trinajstić information content (AvgIpc) is 3.56. The molecule has 0 atom stereocenters. The van der Waals surface area contributed by atoms with Gasteiger partial charge in [-0.1, -0.05) is 17.0 Å². The Kier molecular flexibility index (Phi) is 6.23. The second-order valence-electron chi connectivity index (χ2n) is 8.69. The molecule has 11 heteroatoms. The Morgan fingerprint density at radius 3 is 2.65 bits per heavy atom. The van der Waals surface area contributed by atoms with Crippen molar-refractivity contribution in [2.75, 3.05) is 11.4 Å². The van der Waals surface area contributed by atoms with Gasteiger partial charge in [0.05, 0.1) is 17.6 Å². The molecule has 37 heavy (non-hydrogen) atoms. The molecule has 1 aliphatic carbocycles. The molecule has 0 aliphatic heterocycles. The number of methoxy groups -OCH3 is 1. The first-order valence-corrected chi connectivity index (χ1v) is 12.9. The number of hydrogen-bond acceptors (Lipinski definition) is 7. The Labute approximate surface area is 211 Å². The lowest BCUT2D eigenvalue weighted by Crippen LogP contribution is -2.27. The molecule has 0 unspecified atom stereocenters. The number of aromatic amines is 1. The van der Waals surface area contributed by atoms with Gasteiger partial charge in [0.2, 0.25) is 5.56 Å². The molecule has 2 N–H and O–H groups in total. The van der Waals surface area contributed by atoms with E-state index < -0.39 is 21.4 Å². The highest BCUT2D eigenvalue weighted by molar-refractivity contribution is 7.93. The van der Waals surface area contributed by atoms with E-state index in [1.54, 1.807) is 0 Å². The summed E-state index contributed by atoms with van der Waals surface area (Å²) in [5, 5.41) is 14.8. The number of rotatable bonds is 5. The maximum absolute atomic E-state index is 15.3. The summed E-state index contributed by atoms with van der Waals surface area (Å²) < 4.78 is 54.2. The molecular weight excluding hydrogens is 501 g/mol. The number of sulfonamides is 1. The van der Waals surface area contributed by atoms with Gasteiger partial charge in [0.25, 0.3) is 10.0 Å². The van der Waals surface area contributed by atoms with Gasteiger partial charge < -0.3 is 19.4 Å². The highest BCUT2D eigenvalue weighted by atomic mass is 32.2. The van der Waals surface area contributed by atoms with Crippen molar-refractivity contribution in [2.24, 2.45) is 0 Å². The zero-order chi connectivity index (χ0) is 26.2. The first kappa shape index (κ1) is 24.5. The Hall–Kier alpha value is -4.14. The van der Waals surface area contributed by atoms with Crippen LogP contribution < -0.4 is 14.6 Å². The third-order valence-electron chi connectivity index (χ3n) is 6.21. The molecule has 0 bridgehead atoms. The van der Waals surface area contributed by atoms with Crippen LogP contribution >= 0.6 is 0 Å². The summed E-state index contributed by atoms with van der Waals surface area (Å²) in [7, 11) is -3.06. The number of nitrogens with zero attached hydrogens (tertiary/aromatic N) is 2. The molecule has 1 fully saturated rings. The summed E-state index contributed by atoms with van der Waals surface area (Å²) in [4.78, 5) is 14.1. The summed E-state index contributed by atoms with van der Waals surface area (Å²) >= 11 is 0. The van der Waals surface area contributed by atoms with Crippen LogP contribution in [0.15, 0.2) is 69.0 Å². The molecular formula is C26H22FN3O6S. The predicted octanol–water partition coefficient (Wildman–Crippen LogP) is 3.85. The molecule has 9 nitrogen and oxygen atoms in total. The number of aromatic nitrogens is 2. The van der Waals surface area contributed by atoms with Crippen molar-refractivity contribution in [2.45, 2.75) is 36.2 Å². The molecule has 2 aromatic carbocycles. The fourth-order valence-corrected chi connectivity index (χ4v) is 5.78. The van der Waals surface area contributed by atoms with E-state index in [-0.39, 0.29) is 33.3 Å². The van der Waals surface area contributed by atoms with Crippen LogP contribution in [0.1, 0.15) is 31.2 Å². The number of anilines is 2. The third kappa shape index (κ3) is 4.69. The van der Waals surface area contributed by atoms with Crippen molar-refractivity contribution < 1.29 is 27.2 Å². The maximum Gasteiger partial charge on any atom is 0.270 e. The zero-order valence-electron chi connectivity index (χ0n) is 19.7. The maximum atomic E-state index is 15.3. The molecule has 2 heterocycles. The smallest absolute Gasteiger partial charge is 0.270 e. The number of halogens is 1. The van der Waals surface area contributed by atoms with Gasteiger partial charge in [0.1, 0.15) is 29.1 Å². The van der Waals surface area contributed by atoms with E-state index in [1.165, 1.54) is 55.8 Å². The summed E-state index contributed by atoms with van der Waals surface area (Å²) in [5.41, 5.74) is -1.24. The summed E-state index contributed by atoms with van der Waals surface area (Å²) in [6, 6.07) is 10.6. The molecule has 1 saturated carbocycles. The van der Waals surface area contributed by atoms with Crippen molar-refractivity contribution in [3.63, 3.8) is 0 Å². The number of fused-ring (bicyclic) bond motifs is 1. The van der Waals surface area contributed by atoms with Crippen molar-refractivity contribution in [3.05, 3.63) is 76.5 Å². The highest BCUT2D eigenvalue weighted by Gasteiger charge is 2.33. The van der Waals surface area contributed by atoms with Crippen LogP contribution in [0.2, 0.25) is 0 Å². The van der Waals surface area contributed by atoms with Crippen molar-refractivity contribution in [3.8, 4) is 17.6 Å². The summed E-state index contributed by atoms with van der Waals surface area (Å²) in [6.45, 7) is 0. The van der Waals surface area contributed by atoms with Crippen LogP contribution in [-0.2, 0) is 10.0 Å². The first-order chi connectivity index (χ1) is 17.7. The molecule has 0 radical (unpaired) electrons. The zero-order valence-corrected chi connectivity index (χ0v) is 20.5. The van der Waals surface area contributed by atoms with Crippen LogP contribution in [0.3, 0.4) is 0 Å². The predicted molar refractivity (Wildman–Crippen MR) is 134 cm³/mol. The Bertz CT molecular complexity index is 1700. The van der Waals surface area contributed by atoms with Crippen molar-refractivity contribution >= 4 is 32.4 Å². The van der Waals surface area contributed by atoms with Gasteiger partial charge in [-0.15, -0.1) is 0 Å². The second kappa shape index (κ2) is 9.38. The fourth-order valence-electron chi connectivity index (χ4n) is 4.31. The minimum absolute atomic E-state index is 0.0146. The van der Waals surface area contributed by atoms with Crippen molar-refractivity contribution in [1.82, 2.24) is 10.1 Å². The monoisotopic (exact) mass is 523 g/mol. The van der Waals surface area contributed by atoms with Gasteiger partial charge in [-0.3, -0.25) is 4.79 Å². The Balaban J connectivity index is 1.64. The summed E-state index contributed by atoms with van der Waals surface area (Å²) in [6.07, 6.45) is 3.88. The van der Waals surface area contributed by atoms with Gasteiger partial charge >= 0.3 is 0 Å². The number of pyridine rings is 1. The quantitative estimate of drug-likeness (QED) is 0.381. The van der Waals surface area contributed by atoms with Gasteiger partial charge in [-0.2, -0.15) is 0 Å². The van der Waals surface area contributed by atoms with E-state index in [4.69, 9.17) is 9.26 Å². The number of aliphatic hydroxyl groups is 1. The van der Waals surface area contributed by atoms with Crippen LogP contribution in [0.5, 0.6) is 5.75 Å². The molecule has 0 amide bonds. The molecule has 5 rings (SSSR count). The van der Waals surface area contributed by atoms with Crippen molar-refractivity contribution in [1.29, 1.82) is 0 Å². The number of ether oxygens (including phenoxy) is 1. The molecule has 0 spiro atoms. The van der Waals surface area contributed by atoms with E-state index in [0.717, 1.165) is 23.2 Å². The first-order valence-electron chi connectivity index (χ1n) is 11.4. The largest absolute Gasteiger partial charge is 0.494 e. The minimum atomic E-state index is -4.38. The van der Waals surface area contributed by atoms with Gasteiger partial charge in [0, 0.05) is 29.8 Å². The molecule has 2 aromatic heterocycles. The standard InChI is InChI=1S/C26H22FN3O6S/c1-35-23-15-17(8-12-26(32)10-2-3-11-26)20(27)16-22(23)30(24-9-13-36-29-24)37(33,34)19-5-6-21-18(14-19)4-7-25(31)28-21/h4-7,9,13-16,32H,2-3,10-11H2,1H3,(H,28,31). The van der Waals surface area contributed by atoms with Crippen LogP contribution in [0.25, 0.3) is 10.9 Å². The van der Waals surface area contributed by atoms with E-state index in [2.05, 4.69) is 22.0 Å². The molecule has 1 aliphatic rings. The normalized spacial score (nSPS) is 14.8. The molecule has 190 valence electrons. The lowest BCUT2D eigenvalue weighted by Gasteiger charge is -2.24. The van der Waals surface area contributed by atoms with E-state index >= 15 is 4.39 Å². The molecule has 4 aromatic rings. The van der Waals surface area contributed by atoms with Gasteiger partial charge in [-0.05, 0) is 55.3 Å².